The first-order chi connectivity index (χ1) is 8.61. The molecular formula is C6H9N4O8P. The molecule has 1 rings (SSSR count). The van der Waals surface area contributed by atoms with Gasteiger partial charge < -0.3 is 14.7 Å². The largest absolute Gasteiger partial charge is 0.466 e. The van der Waals surface area contributed by atoms with Crippen LogP contribution in [0.5, 0.6) is 0 Å². The van der Waals surface area contributed by atoms with Gasteiger partial charge in [0.15, 0.2) is 10.1 Å². The lowest BCUT2D eigenvalue weighted by atomic mass is 10.3. The quantitative estimate of drug-likeness (QED) is 0.320. The van der Waals surface area contributed by atoms with Gasteiger partial charge in [0.05, 0.1) is 5.12 Å². The SMILES string of the molecule is O=P(O)(O)O.O=[N+]([O-])NN(c1ccccc1)[N+](=O)[O-]. The molecule has 1 aromatic carbocycles. The van der Waals surface area contributed by atoms with Gasteiger partial charge >= 0.3 is 7.82 Å². The van der Waals surface area contributed by atoms with Gasteiger partial charge in [0.25, 0.3) is 0 Å². The molecule has 1 aromatic rings. The Morgan fingerprint density at radius 3 is 1.84 bits per heavy atom. The van der Waals surface area contributed by atoms with Crippen LogP contribution in [0.1, 0.15) is 0 Å². The molecule has 12 nitrogen and oxygen atoms in total. The maximum absolute atomic E-state index is 10.4. The first kappa shape index (κ1) is 16.7. The van der Waals surface area contributed by atoms with Crippen molar-refractivity contribution in [2.24, 2.45) is 0 Å². The highest BCUT2D eigenvalue weighted by molar-refractivity contribution is 7.45. The normalized spacial score (nSPS) is 9.84. The maximum atomic E-state index is 10.4. The third kappa shape index (κ3) is 9.43. The van der Waals surface area contributed by atoms with Crippen molar-refractivity contribution in [3.8, 4) is 0 Å². The van der Waals surface area contributed by atoms with Crippen LogP contribution in [-0.2, 0) is 4.57 Å². The van der Waals surface area contributed by atoms with E-state index in [-0.39, 0.29) is 10.8 Å². The molecule has 4 N–H and O–H groups in total. The van der Waals surface area contributed by atoms with Crippen molar-refractivity contribution in [1.82, 2.24) is 5.53 Å². The summed E-state index contributed by atoms with van der Waals surface area (Å²) < 4.78 is 8.88. The molecule has 13 heteroatoms. The highest BCUT2D eigenvalue weighted by atomic mass is 31.2. The first-order valence-electron chi connectivity index (χ1n) is 4.29. The van der Waals surface area contributed by atoms with Crippen molar-refractivity contribution >= 4 is 13.5 Å². The Morgan fingerprint density at radius 1 is 1.11 bits per heavy atom. The van der Waals surface area contributed by atoms with Crippen molar-refractivity contribution in [2.75, 3.05) is 5.12 Å². The van der Waals surface area contributed by atoms with E-state index in [0.717, 1.165) is 0 Å². The van der Waals surface area contributed by atoms with Crippen LogP contribution in [0.25, 0.3) is 0 Å². The summed E-state index contributed by atoms with van der Waals surface area (Å²) in [6, 6.07) is 7.47. The summed E-state index contributed by atoms with van der Waals surface area (Å²) in [5.74, 6) is 0. The van der Waals surface area contributed by atoms with Gasteiger partial charge in [0, 0.05) is 5.53 Å². The van der Waals surface area contributed by atoms with Gasteiger partial charge in [-0.15, -0.1) is 0 Å². The van der Waals surface area contributed by atoms with Crippen molar-refractivity contribution in [3.63, 3.8) is 0 Å². The number of hydrogen-bond donors (Lipinski definition) is 4. The monoisotopic (exact) mass is 296 g/mol. The minimum atomic E-state index is -4.64. The third-order valence-corrected chi connectivity index (χ3v) is 1.34. The number of rotatable bonds is 4. The number of nitrogens with one attached hydrogen (secondary N) is 1. The fraction of sp³-hybridized carbons (Fsp3) is 0. The molecule has 0 aromatic heterocycles. The van der Waals surface area contributed by atoms with Gasteiger partial charge in [-0.2, -0.15) is 0 Å². The summed E-state index contributed by atoms with van der Waals surface area (Å²) in [6.07, 6.45) is 0. The number of anilines is 1. The van der Waals surface area contributed by atoms with Gasteiger partial charge in [0.1, 0.15) is 5.69 Å². The molecule has 0 radical (unpaired) electrons. The molecule has 0 heterocycles. The number of nitro groups is 2. The standard InChI is InChI=1S/C6H6N4O4.H3O4P/c11-9(12)7-8(10(13)14)6-4-2-1-3-5-6;1-5(2,3)4/h1-5,7H;(H3,1,2,3,4). The van der Waals surface area contributed by atoms with Gasteiger partial charge in [-0.1, -0.05) is 18.2 Å². The van der Waals surface area contributed by atoms with Crippen LogP contribution in [0.15, 0.2) is 30.3 Å². The van der Waals surface area contributed by atoms with Crippen LogP contribution in [0.3, 0.4) is 0 Å². The van der Waals surface area contributed by atoms with E-state index in [2.05, 4.69) is 0 Å². The van der Waals surface area contributed by atoms with Crippen molar-refractivity contribution in [1.29, 1.82) is 0 Å². The predicted molar refractivity (Wildman–Crippen MR) is 60.3 cm³/mol. The summed E-state index contributed by atoms with van der Waals surface area (Å²) in [5, 5.41) is 18.7. The van der Waals surface area contributed by atoms with Gasteiger partial charge in [-0.05, 0) is 12.1 Å². The highest BCUT2D eigenvalue weighted by Crippen LogP contribution is 2.25. The first-order valence-corrected chi connectivity index (χ1v) is 5.86. The molecule has 0 aliphatic carbocycles. The van der Waals surface area contributed by atoms with E-state index in [1.807, 2.05) is 0 Å². The zero-order valence-electron chi connectivity index (χ0n) is 9.06. The lowest BCUT2D eigenvalue weighted by molar-refractivity contribution is -0.620. The van der Waals surface area contributed by atoms with E-state index in [4.69, 9.17) is 19.2 Å². The third-order valence-electron chi connectivity index (χ3n) is 1.34. The fourth-order valence-corrected chi connectivity index (χ4v) is 0.835. The van der Waals surface area contributed by atoms with Crippen LogP contribution in [0.2, 0.25) is 0 Å². The number of hydrazine groups is 3. The number of benzene rings is 1. The molecule has 0 unspecified atom stereocenters. The molecule has 19 heavy (non-hydrogen) atoms. The van der Waals surface area contributed by atoms with Crippen LogP contribution in [0, 0.1) is 20.2 Å². The second-order valence-corrected chi connectivity index (χ2v) is 3.78. The Hall–Kier alpha value is -2.27. The lowest BCUT2D eigenvalue weighted by Gasteiger charge is -2.08. The second-order valence-electron chi connectivity index (χ2n) is 2.76. The topological polar surface area (TPSA) is 179 Å². The minimum absolute atomic E-state index is 0.0780. The van der Waals surface area contributed by atoms with E-state index in [1.54, 1.807) is 6.07 Å². The van der Waals surface area contributed by atoms with E-state index >= 15 is 0 Å². The van der Waals surface area contributed by atoms with E-state index in [1.165, 1.54) is 29.8 Å². The molecule has 0 aliphatic rings. The summed E-state index contributed by atoms with van der Waals surface area (Å²) >= 11 is 0. The Labute approximate surface area is 105 Å². The van der Waals surface area contributed by atoms with Crippen LogP contribution >= 0.6 is 7.82 Å². The zero-order valence-corrected chi connectivity index (χ0v) is 9.95. The second kappa shape index (κ2) is 7.23. The Morgan fingerprint density at radius 2 is 1.53 bits per heavy atom. The predicted octanol–water partition coefficient (Wildman–Crippen LogP) is -0.548. The Kier molecular flexibility index (Phi) is 6.36. The summed E-state index contributed by atoms with van der Waals surface area (Å²) in [4.78, 5) is 42.0. The molecule has 0 bridgehead atoms. The maximum Gasteiger partial charge on any atom is 0.466 e. The van der Waals surface area contributed by atoms with Gasteiger partial charge in [-0.25, -0.2) is 24.8 Å². The molecule has 0 aliphatic heterocycles. The Balaban J connectivity index is 0.000000555. The minimum Gasteiger partial charge on any atom is -0.303 e. The Bertz CT molecular complexity index is 467. The number of hydrogen-bond acceptors (Lipinski definition) is 5. The number of nitrogens with zero attached hydrogens (tertiary/aromatic N) is 3. The van der Waals surface area contributed by atoms with Crippen molar-refractivity contribution in [3.05, 3.63) is 50.6 Å². The average Bonchev–Trinajstić information content (AvgIpc) is 2.24. The van der Waals surface area contributed by atoms with Crippen LogP contribution in [-0.4, -0.2) is 24.7 Å². The average molecular weight is 296 g/mol. The molecule has 0 saturated carbocycles. The summed E-state index contributed by atoms with van der Waals surface area (Å²) in [6.45, 7) is 0. The summed E-state index contributed by atoms with van der Waals surface area (Å²) in [5.41, 5.74) is 1.53. The van der Waals surface area contributed by atoms with Gasteiger partial charge in [0.2, 0.25) is 0 Å². The molecular weight excluding hydrogens is 287 g/mol. The van der Waals surface area contributed by atoms with Crippen LogP contribution < -0.4 is 10.7 Å². The van der Waals surface area contributed by atoms with Crippen LogP contribution in [0.4, 0.5) is 5.69 Å². The fourth-order valence-electron chi connectivity index (χ4n) is 0.835. The number of phosphoric acid groups is 1. The molecule has 0 spiro atoms. The highest BCUT2D eigenvalue weighted by Gasteiger charge is 2.21. The van der Waals surface area contributed by atoms with Crippen molar-refractivity contribution < 1.29 is 29.3 Å². The smallest absolute Gasteiger partial charge is 0.303 e. The van der Waals surface area contributed by atoms with E-state index < -0.39 is 17.9 Å². The molecule has 0 saturated heterocycles. The van der Waals surface area contributed by atoms with E-state index in [0.29, 0.717) is 0 Å². The number of para-hydroxylation sites is 1. The lowest BCUT2D eigenvalue weighted by Crippen LogP contribution is -2.45. The molecule has 0 fully saturated rings. The molecule has 0 amide bonds. The summed E-state index contributed by atoms with van der Waals surface area (Å²) in [7, 11) is -4.64. The van der Waals surface area contributed by atoms with Gasteiger partial charge in [-0.3, -0.25) is 0 Å². The van der Waals surface area contributed by atoms with Crippen molar-refractivity contribution in [2.45, 2.75) is 0 Å². The zero-order chi connectivity index (χ0) is 15.1. The van der Waals surface area contributed by atoms with E-state index in [9.17, 15) is 20.2 Å². The molecule has 106 valence electrons. The molecule has 0 atom stereocenters.